The number of hydrogen-bond donors (Lipinski definition) is 8. The normalized spacial score (nSPS) is 16.9. The summed E-state index contributed by atoms with van der Waals surface area (Å²) in [4.78, 5) is 131. The SMILES string of the molecule is CN[C@H](C(=O)N[C@H](C(=O)N(C)[C@H](/C=C(\C)C(=O)N[C@H](CCC(=O)C[C@H](CCC(=O)NCCN1C(=O)CC(SC[C@H](N)C(=O)O)C1=O)C(=O)O)C(=O)O)C(C)C)C(C)(C)C)C(C)(C)c1cn(C)c2ccccc12. The summed E-state index contributed by atoms with van der Waals surface area (Å²) in [5.41, 5.74) is 6.03. The van der Waals surface area contributed by atoms with E-state index in [1.54, 1.807) is 20.2 Å². The molecule has 1 aliphatic rings. The number of aryl methyl sites for hydroxylation is 1. The molecular weight excluding hydrogens is 953 g/mol. The number of carbonyl (C=O) groups is 10. The summed E-state index contributed by atoms with van der Waals surface area (Å²) in [6.45, 7) is 14.3. The number of aliphatic carboxylic acids is 3. The number of carbonyl (C=O) groups excluding carboxylic acids is 7. The van der Waals surface area contributed by atoms with Gasteiger partial charge in [0.2, 0.25) is 35.4 Å². The number of ketones is 1. The molecule has 1 aromatic heterocycles. The third kappa shape index (κ3) is 15.9. The number of thioether (sulfide) groups is 1. The molecule has 72 heavy (non-hydrogen) atoms. The second kappa shape index (κ2) is 26.0. The molecule has 2 heterocycles. The van der Waals surface area contributed by atoms with Gasteiger partial charge >= 0.3 is 17.9 Å². The summed E-state index contributed by atoms with van der Waals surface area (Å²) >= 11 is 0.952. The van der Waals surface area contributed by atoms with Crippen LogP contribution in [-0.4, -0.2) is 157 Å². The number of nitrogens with two attached hydrogens (primary N) is 1. The Morgan fingerprint density at radius 1 is 0.917 bits per heavy atom. The van der Waals surface area contributed by atoms with Crippen LogP contribution in [0.2, 0.25) is 0 Å². The maximum Gasteiger partial charge on any atom is 0.326 e. The first-order valence-corrected chi connectivity index (χ1v) is 25.0. The molecule has 1 aliphatic heterocycles. The number of carboxylic acids is 3. The summed E-state index contributed by atoms with van der Waals surface area (Å²) in [6.07, 6.45) is 1.53. The first-order valence-electron chi connectivity index (χ1n) is 23.9. The number of imide groups is 1. The van der Waals surface area contributed by atoms with Crippen molar-refractivity contribution in [3.05, 3.63) is 47.7 Å². The van der Waals surface area contributed by atoms with Crippen molar-refractivity contribution in [3.8, 4) is 0 Å². The Hall–Kier alpha value is -6.13. The summed E-state index contributed by atoms with van der Waals surface area (Å²) in [7, 11) is 5.21. The molecule has 398 valence electrons. The predicted molar refractivity (Wildman–Crippen MR) is 270 cm³/mol. The number of fused-ring (bicyclic) bond motifs is 1. The smallest absolute Gasteiger partial charge is 0.326 e. The highest BCUT2D eigenvalue weighted by Gasteiger charge is 2.43. The molecule has 6 amide bonds. The molecule has 1 unspecified atom stereocenters. The number of aromatic nitrogens is 1. The van der Waals surface area contributed by atoms with Crippen molar-refractivity contribution in [2.24, 2.45) is 30.0 Å². The quantitative estimate of drug-likeness (QED) is 0.0447. The van der Waals surface area contributed by atoms with Gasteiger partial charge in [-0.1, -0.05) is 72.7 Å². The van der Waals surface area contributed by atoms with E-state index in [0.29, 0.717) is 0 Å². The van der Waals surface area contributed by atoms with Gasteiger partial charge in [0.05, 0.1) is 23.3 Å². The van der Waals surface area contributed by atoms with Gasteiger partial charge in [0, 0.05) is 86.7 Å². The minimum absolute atomic E-state index is 0.0791. The zero-order chi connectivity index (χ0) is 54.6. The summed E-state index contributed by atoms with van der Waals surface area (Å²) in [6, 6.07) is 2.71. The Kier molecular flexibility index (Phi) is 21.7. The number of likely N-dealkylation sites (tertiary alicyclic amines) is 1. The first kappa shape index (κ1) is 60.2. The van der Waals surface area contributed by atoms with Gasteiger partial charge in [-0.2, -0.15) is 0 Å². The molecule has 0 spiro atoms. The molecule has 21 nitrogen and oxygen atoms in total. The van der Waals surface area contributed by atoms with Gasteiger partial charge in [-0.25, -0.2) is 4.79 Å². The van der Waals surface area contributed by atoms with Crippen LogP contribution in [0.3, 0.4) is 0 Å². The van der Waals surface area contributed by atoms with Crippen molar-refractivity contribution in [3.63, 3.8) is 0 Å². The maximum absolute atomic E-state index is 14.5. The van der Waals surface area contributed by atoms with Crippen molar-refractivity contribution in [1.82, 2.24) is 35.6 Å². The number of benzene rings is 1. The molecule has 0 radical (unpaired) electrons. The van der Waals surface area contributed by atoms with Crippen LogP contribution in [0.15, 0.2) is 42.1 Å². The van der Waals surface area contributed by atoms with Crippen LogP contribution >= 0.6 is 11.8 Å². The topological polar surface area (TPSA) is 317 Å². The third-order valence-electron chi connectivity index (χ3n) is 13.0. The van der Waals surface area contributed by atoms with Crippen LogP contribution in [0.1, 0.15) is 99.5 Å². The Morgan fingerprint density at radius 2 is 1.56 bits per heavy atom. The molecular formula is C50H74N8O13S. The van der Waals surface area contributed by atoms with Gasteiger partial charge in [-0.15, -0.1) is 11.8 Å². The molecule has 1 saturated heterocycles. The minimum atomic E-state index is -1.54. The average Bonchev–Trinajstić information content (AvgIpc) is 3.78. The van der Waals surface area contributed by atoms with E-state index in [-0.39, 0.29) is 61.9 Å². The first-order chi connectivity index (χ1) is 33.4. The van der Waals surface area contributed by atoms with Crippen LogP contribution < -0.4 is 27.0 Å². The monoisotopic (exact) mass is 1030 g/mol. The van der Waals surface area contributed by atoms with E-state index < -0.39 is 118 Å². The molecule has 9 N–H and O–H groups in total. The lowest BCUT2D eigenvalue weighted by molar-refractivity contribution is -0.145. The van der Waals surface area contributed by atoms with E-state index in [4.69, 9.17) is 10.8 Å². The fourth-order valence-corrected chi connectivity index (χ4v) is 9.79. The van der Waals surface area contributed by atoms with E-state index >= 15 is 0 Å². The number of rotatable bonds is 28. The van der Waals surface area contributed by atoms with E-state index in [2.05, 4.69) is 21.3 Å². The molecule has 22 heteroatoms. The number of amides is 6. The van der Waals surface area contributed by atoms with E-state index in [1.165, 1.54) is 11.8 Å². The second-order valence-corrected chi connectivity index (χ2v) is 21.6. The van der Waals surface area contributed by atoms with Gasteiger partial charge in [0.1, 0.15) is 23.9 Å². The number of nitrogens with one attached hydrogen (secondary N) is 4. The van der Waals surface area contributed by atoms with Gasteiger partial charge in [0.15, 0.2) is 0 Å². The highest BCUT2D eigenvalue weighted by atomic mass is 32.2. The van der Waals surface area contributed by atoms with Crippen molar-refractivity contribution in [2.45, 2.75) is 135 Å². The number of para-hydroxylation sites is 1. The Labute approximate surface area is 424 Å². The van der Waals surface area contributed by atoms with Crippen LogP contribution in [-0.2, 0) is 60.4 Å². The Balaban J connectivity index is 1.60. The highest BCUT2D eigenvalue weighted by Crippen LogP contribution is 2.35. The van der Waals surface area contributed by atoms with E-state index in [1.807, 2.05) is 90.5 Å². The average molecular weight is 1030 g/mol. The standard InChI is InChI=1S/C50H74N8O13S/c1-27(2)36(57(11)45(65)41(49(4,5)6)55-43(63)40(52-9)50(7,8)32-25-56(10)35-15-13-12-14-31(32)35)22-28(3)42(62)54-34(48(70)71)18-17-30(59)23-29(46(66)67)16-19-38(60)53-20-21-58-39(61)24-37(44(58)64)72-26-33(51)47(68)69/h12-15,22,25,27,29,33-34,36-37,40-41,52H,16-21,23-24,26,51H2,1-11H3,(H,53,60)(H,54,62)(H,55,63)(H,66,67)(H,68,69)(H,70,71)/b28-22+/t29-,33-,34+,36+,37?,40+,41+/m0/s1. The Bertz CT molecular complexity index is 2390. The maximum atomic E-state index is 14.5. The number of Topliss-reactive ketones (excluding diaryl/α,β-unsaturated/α-hetero) is 1. The fourth-order valence-electron chi connectivity index (χ4n) is 8.67. The minimum Gasteiger partial charge on any atom is -0.481 e. The van der Waals surface area contributed by atoms with Gasteiger partial charge in [-0.3, -0.25) is 48.1 Å². The largest absolute Gasteiger partial charge is 0.481 e. The van der Waals surface area contributed by atoms with E-state index in [9.17, 15) is 58.2 Å². The molecule has 7 atom stereocenters. The lowest BCUT2D eigenvalue weighted by atomic mass is 9.76. The van der Waals surface area contributed by atoms with Gasteiger partial charge < -0.3 is 51.8 Å². The Morgan fingerprint density at radius 3 is 2.12 bits per heavy atom. The lowest BCUT2D eigenvalue weighted by Crippen LogP contribution is -2.61. The molecule has 1 fully saturated rings. The summed E-state index contributed by atoms with van der Waals surface area (Å²) in [5.74, 6) is -9.51. The molecule has 0 bridgehead atoms. The highest BCUT2D eigenvalue weighted by molar-refractivity contribution is 8.00. The van der Waals surface area contributed by atoms with Crippen molar-refractivity contribution < 1.29 is 63.3 Å². The van der Waals surface area contributed by atoms with Crippen molar-refractivity contribution in [1.29, 1.82) is 0 Å². The van der Waals surface area contributed by atoms with Gasteiger partial charge in [-0.05, 0) is 49.8 Å². The van der Waals surface area contributed by atoms with Crippen LogP contribution in [0.25, 0.3) is 10.9 Å². The third-order valence-corrected chi connectivity index (χ3v) is 14.4. The van der Waals surface area contributed by atoms with Crippen LogP contribution in [0.4, 0.5) is 0 Å². The summed E-state index contributed by atoms with van der Waals surface area (Å²) < 4.78 is 2.01. The number of carboxylic acid groups (broad SMARTS) is 3. The van der Waals surface area contributed by atoms with Crippen LogP contribution in [0, 0.1) is 17.3 Å². The van der Waals surface area contributed by atoms with Crippen LogP contribution in [0.5, 0.6) is 0 Å². The molecule has 3 rings (SSSR count). The van der Waals surface area contributed by atoms with Crippen molar-refractivity contribution in [2.75, 3.05) is 32.9 Å². The predicted octanol–water partition coefficient (Wildman–Crippen LogP) is 2.18. The van der Waals surface area contributed by atoms with Gasteiger partial charge in [0.25, 0.3) is 0 Å². The van der Waals surface area contributed by atoms with Crippen molar-refractivity contribution >= 4 is 81.8 Å². The second-order valence-electron chi connectivity index (χ2n) is 20.4. The number of hydrogen-bond acceptors (Lipinski definition) is 13. The van der Waals surface area contributed by atoms with E-state index in [0.717, 1.165) is 33.1 Å². The number of likely N-dealkylation sites (N-methyl/N-ethyl adjacent to an activating group) is 2. The number of nitrogens with zero attached hydrogens (tertiary/aromatic N) is 3. The lowest BCUT2D eigenvalue weighted by Gasteiger charge is -2.39. The molecule has 2 aromatic rings. The summed E-state index contributed by atoms with van der Waals surface area (Å²) in [5, 5.41) is 40.1. The molecule has 0 saturated carbocycles. The zero-order valence-electron chi connectivity index (χ0n) is 43.2. The molecule has 0 aliphatic carbocycles. The fraction of sp³-hybridized carbons (Fsp3) is 0.600. The zero-order valence-corrected chi connectivity index (χ0v) is 44.0. The molecule has 1 aromatic carbocycles.